The average molecular weight is 575 g/mol. The number of benzene rings is 2. The van der Waals surface area contributed by atoms with Crippen LogP contribution in [-0.2, 0) is 18.3 Å². The van der Waals surface area contributed by atoms with Crippen LogP contribution in [0.5, 0.6) is 5.75 Å². The van der Waals surface area contributed by atoms with Gasteiger partial charge in [0.15, 0.2) is 0 Å². The standard InChI is InChI=1S/C32H38N4O6/c1-21(33-30(39)20-26-28(37)7-5-6-8-29(26)38)9-10-22-11-13-23(14-12-22)36-31(40)25-19-24(42-18-17-34(2)3)15-16-27(25)35(4)32(36)41/h5-7,11-16,19,21,37-38H,8-10,17-18,20H2,1-4H3,(H,33,39). The minimum Gasteiger partial charge on any atom is -0.512 e. The van der Waals surface area contributed by atoms with Gasteiger partial charge in [-0.15, -0.1) is 0 Å². The predicted molar refractivity (Wildman–Crippen MR) is 164 cm³/mol. The number of amides is 1. The van der Waals surface area contributed by atoms with Gasteiger partial charge in [0.05, 0.1) is 23.0 Å². The van der Waals surface area contributed by atoms with Crippen LogP contribution in [0.4, 0.5) is 0 Å². The van der Waals surface area contributed by atoms with Crippen LogP contribution in [0.3, 0.4) is 0 Å². The molecule has 42 heavy (non-hydrogen) atoms. The molecular formula is C32H38N4O6. The lowest BCUT2D eigenvalue weighted by molar-refractivity contribution is -0.121. The largest absolute Gasteiger partial charge is 0.512 e. The number of carbonyl (C=O) groups excluding carboxylic acids is 1. The number of allylic oxidation sites excluding steroid dienone is 4. The number of aryl methyl sites for hydroxylation is 2. The molecule has 1 aliphatic rings. The molecule has 0 spiro atoms. The summed E-state index contributed by atoms with van der Waals surface area (Å²) in [5.41, 5.74) is 1.35. The highest BCUT2D eigenvalue weighted by molar-refractivity contribution is 5.80. The Morgan fingerprint density at radius 1 is 1.12 bits per heavy atom. The Morgan fingerprint density at radius 3 is 2.57 bits per heavy atom. The van der Waals surface area contributed by atoms with Gasteiger partial charge in [-0.2, -0.15) is 0 Å². The monoisotopic (exact) mass is 574 g/mol. The molecule has 1 unspecified atom stereocenters. The first-order valence-corrected chi connectivity index (χ1v) is 13.9. The van der Waals surface area contributed by atoms with E-state index in [1.165, 1.54) is 10.6 Å². The number of nitrogens with one attached hydrogen (secondary N) is 1. The molecule has 4 rings (SSSR count). The minimum absolute atomic E-state index is 0.0190. The van der Waals surface area contributed by atoms with Crippen LogP contribution in [0.15, 0.2) is 87.4 Å². The van der Waals surface area contributed by atoms with E-state index >= 15 is 0 Å². The molecule has 1 aliphatic carbocycles. The van der Waals surface area contributed by atoms with Gasteiger partial charge in [0, 0.05) is 31.6 Å². The van der Waals surface area contributed by atoms with Crippen LogP contribution >= 0.6 is 0 Å². The van der Waals surface area contributed by atoms with Gasteiger partial charge in [-0.25, -0.2) is 9.36 Å². The van der Waals surface area contributed by atoms with Crippen molar-refractivity contribution >= 4 is 16.8 Å². The smallest absolute Gasteiger partial charge is 0.335 e. The highest BCUT2D eigenvalue weighted by Crippen LogP contribution is 2.21. The Kier molecular flexibility index (Phi) is 9.69. The Morgan fingerprint density at radius 2 is 1.86 bits per heavy atom. The van der Waals surface area contributed by atoms with Gasteiger partial charge >= 0.3 is 5.69 Å². The Bertz CT molecular complexity index is 1660. The van der Waals surface area contributed by atoms with Crippen LogP contribution in [0.25, 0.3) is 16.6 Å². The van der Waals surface area contributed by atoms with Crippen LogP contribution in [0, 0.1) is 0 Å². The maximum Gasteiger partial charge on any atom is 0.335 e. The molecule has 222 valence electrons. The first-order chi connectivity index (χ1) is 20.0. The molecule has 10 heteroatoms. The molecule has 0 bridgehead atoms. The molecule has 0 radical (unpaired) electrons. The summed E-state index contributed by atoms with van der Waals surface area (Å²) >= 11 is 0. The zero-order valence-corrected chi connectivity index (χ0v) is 24.5. The summed E-state index contributed by atoms with van der Waals surface area (Å²) in [5, 5.41) is 23.5. The fraction of sp³-hybridized carbons (Fsp3) is 0.344. The van der Waals surface area contributed by atoms with Crippen LogP contribution in [0.2, 0.25) is 0 Å². The highest BCUT2D eigenvalue weighted by Gasteiger charge is 2.18. The number of aromatic nitrogens is 2. The van der Waals surface area contributed by atoms with E-state index in [0.29, 0.717) is 41.8 Å². The van der Waals surface area contributed by atoms with Crippen LogP contribution in [0.1, 0.15) is 31.7 Å². The molecule has 1 heterocycles. The molecule has 1 atom stereocenters. The maximum absolute atomic E-state index is 13.4. The summed E-state index contributed by atoms with van der Waals surface area (Å²) in [5.74, 6) is 0.142. The Labute approximate surface area is 244 Å². The van der Waals surface area contributed by atoms with Crippen LogP contribution < -0.4 is 21.3 Å². The van der Waals surface area contributed by atoms with Crippen molar-refractivity contribution in [3.8, 4) is 11.4 Å². The SMILES string of the molecule is CC(CCc1ccc(-n2c(=O)c3cc(OCCN(C)C)ccc3n(C)c2=O)cc1)NC(=O)CC1=C(O)CC=CC=C1O. The Balaban J connectivity index is 1.43. The van der Waals surface area contributed by atoms with E-state index in [9.17, 15) is 24.6 Å². The van der Waals surface area contributed by atoms with Crippen molar-refractivity contribution in [2.24, 2.45) is 7.05 Å². The van der Waals surface area contributed by atoms with Crippen molar-refractivity contribution in [3.05, 3.63) is 104 Å². The molecule has 0 fully saturated rings. The number of hydrogen-bond donors (Lipinski definition) is 3. The third kappa shape index (κ3) is 7.19. The summed E-state index contributed by atoms with van der Waals surface area (Å²) in [4.78, 5) is 41.1. The maximum atomic E-state index is 13.4. The lowest BCUT2D eigenvalue weighted by Gasteiger charge is -2.16. The van der Waals surface area contributed by atoms with Gasteiger partial charge in [0.1, 0.15) is 23.9 Å². The first kappa shape index (κ1) is 30.4. The number of carbonyl (C=O) groups is 1. The topological polar surface area (TPSA) is 126 Å². The van der Waals surface area contributed by atoms with Gasteiger partial charge < -0.3 is 25.2 Å². The van der Waals surface area contributed by atoms with Crippen molar-refractivity contribution in [1.29, 1.82) is 0 Å². The molecule has 0 saturated heterocycles. The number of ether oxygens (including phenoxy) is 1. The lowest BCUT2D eigenvalue weighted by Crippen LogP contribution is -2.37. The molecule has 10 nitrogen and oxygen atoms in total. The van der Waals surface area contributed by atoms with Crippen molar-refractivity contribution < 1.29 is 19.7 Å². The third-order valence-corrected chi connectivity index (χ3v) is 7.21. The second kappa shape index (κ2) is 13.4. The molecule has 1 aromatic heterocycles. The number of hydrogen-bond acceptors (Lipinski definition) is 7. The fourth-order valence-electron chi connectivity index (χ4n) is 4.76. The molecule has 3 aromatic rings. The minimum atomic E-state index is -0.440. The number of nitrogens with zero attached hydrogens (tertiary/aromatic N) is 3. The summed E-state index contributed by atoms with van der Waals surface area (Å²) in [6, 6.07) is 12.2. The number of rotatable bonds is 11. The van der Waals surface area contributed by atoms with Gasteiger partial charge in [0.25, 0.3) is 5.56 Å². The Hall–Kier alpha value is -4.57. The van der Waals surface area contributed by atoms with Crippen molar-refractivity contribution in [2.75, 3.05) is 27.2 Å². The van der Waals surface area contributed by atoms with E-state index in [2.05, 4.69) is 5.32 Å². The molecule has 3 N–H and O–H groups in total. The molecule has 0 saturated carbocycles. The lowest BCUT2D eigenvalue weighted by atomic mass is 10.0. The second-order valence-electron chi connectivity index (χ2n) is 10.8. The highest BCUT2D eigenvalue weighted by atomic mass is 16.5. The summed E-state index contributed by atoms with van der Waals surface area (Å²) in [6.45, 7) is 3.10. The quantitative estimate of drug-likeness (QED) is 0.319. The molecule has 2 aromatic carbocycles. The first-order valence-electron chi connectivity index (χ1n) is 13.9. The number of aliphatic hydroxyl groups is 2. The molecule has 0 aliphatic heterocycles. The van der Waals surface area contributed by atoms with Crippen molar-refractivity contribution in [3.63, 3.8) is 0 Å². The molecular weight excluding hydrogens is 536 g/mol. The van der Waals surface area contributed by atoms with E-state index in [4.69, 9.17) is 4.74 Å². The van der Waals surface area contributed by atoms with Gasteiger partial charge in [0.2, 0.25) is 5.91 Å². The summed E-state index contributed by atoms with van der Waals surface area (Å²) < 4.78 is 8.42. The van der Waals surface area contributed by atoms with E-state index < -0.39 is 11.2 Å². The van der Waals surface area contributed by atoms with Gasteiger partial charge in [-0.3, -0.25) is 14.2 Å². The van der Waals surface area contributed by atoms with E-state index in [-0.39, 0.29) is 41.9 Å². The molecule has 1 amide bonds. The fourth-order valence-corrected chi connectivity index (χ4v) is 4.76. The van der Waals surface area contributed by atoms with E-state index in [0.717, 1.165) is 16.7 Å². The number of likely N-dealkylation sites (N-methyl/N-ethyl adjacent to an activating group) is 1. The number of aliphatic hydroxyl groups excluding tert-OH is 2. The van der Waals surface area contributed by atoms with Crippen molar-refractivity contribution in [1.82, 2.24) is 19.4 Å². The summed E-state index contributed by atoms with van der Waals surface area (Å²) in [7, 11) is 5.55. The number of fused-ring (bicyclic) bond motifs is 1. The van der Waals surface area contributed by atoms with Crippen molar-refractivity contribution in [2.45, 2.75) is 38.6 Å². The van der Waals surface area contributed by atoms with E-state index in [1.54, 1.807) is 49.5 Å². The second-order valence-corrected chi connectivity index (χ2v) is 10.8. The van der Waals surface area contributed by atoms with Gasteiger partial charge in [-0.1, -0.05) is 24.3 Å². The van der Waals surface area contributed by atoms with Gasteiger partial charge in [-0.05, 0) is 75.8 Å². The normalized spacial score (nSPS) is 14.2. The third-order valence-electron chi connectivity index (χ3n) is 7.21. The predicted octanol–water partition coefficient (Wildman–Crippen LogP) is 3.67. The van der Waals surface area contributed by atoms with E-state index in [1.807, 2.05) is 38.1 Å². The zero-order valence-electron chi connectivity index (χ0n) is 24.5. The summed E-state index contributed by atoms with van der Waals surface area (Å²) in [6.07, 6.45) is 6.25. The zero-order chi connectivity index (χ0) is 30.4. The average Bonchev–Trinajstić information content (AvgIpc) is 3.11. The van der Waals surface area contributed by atoms with Crippen LogP contribution in [-0.4, -0.2) is 63.4 Å².